The van der Waals surface area contributed by atoms with Crippen molar-refractivity contribution in [2.45, 2.75) is 20.4 Å². The van der Waals surface area contributed by atoms with Gasteiger partial charge in [0.1, 0.15) is 15.6 Å². The average Bonchev–Trinajstić information content (AvgIpc) is 3.00. The third-order valence-corrected chi connectivity index (χ3v) is 3.67. The van der Waals surface area contributed by atoms with Crippen molar-refractivity contribution >= 4 is 28.0 Å². The molecule has 0 aromatic carbocycles. The van der Waals surface area contributed by atoms with E-state index in [-0.39, 0.29) is 12.3 Å². The molecule has 0 aliphatic heterocycles. The largest absolute Gasteiger partial charge is 0.492 e. The number of hydrogen-bond donors (Lipinski definition) is 2. The van der Waals surface area contributed by atoms with Crippen molar-refractivity contribution in [3.8, 4) is 5.75 Å². The molecule has 0 bridgehead atoms. The molecule has 0 fully saturated rings. The van der Waals surface area contributed by atoms with Crippen LogP contribution in [0.25, 0.3) is 0 Å². The number of ether oxygens (including phenoxy) is 2. The van der Waals surface area contributed by atoms with E-state index in [2.05, 4.69) is 15.5 Å². The SMILES string of the molecule is CCOC(=O)c1sc(NCc2noc(C)n2)c(OC)c1N. The number of hydrogen-bond acceptors (Lipinski definition) is 9. The number of aryl methyl sites for hydroxylation is 1. The van der Waals surface area contributed by atoms with Crippen LogP contribution in [0.4, 0.5) is 10.7 Å². The molecule has 0 aliphatic carbocycles. The second-order valence-corrected chi connectivity index (χ2v) is 5.03. The molecule has 0 aliphatic rings. The van der Waals surface area contributed by atoms with Crippen molar-refractivity contribution in [2.24, 2.45) is 0 Å². The van der Waals surface area contributed by atoms with Crippen LogP contribution in [-0.4, -0.2) is 29.8 Å². The summed E-state index contributed by atoms with van der Waals surface area (Å²) in [7, 11) is 1.48. The number of aromatic nitrogens is 2. The zero-order valence-corrected chi connectivity index (χ0v) is 12.7. The van der Waals surface area contributed by atoms with Crippen LogP contribution >= 0.6 is 11.3 Å². The van der Waals surface area contributed by atoms with Crippen LogP contribution < -0.4 is 15.8 Å². The second kappa shape index (κ2) is 6.44. The van der Waals surface area contributed by atoms with Crippen LogP contribution in [0.2, 0.25) is 0 Å². The molecule has 2 heterocycles. The Bertz CT molecular complexity index is 637. The van der Waals surface area contributed by atoms with Crippen LogP contribution in [0.5, 0.6) is 5.75 Å². The maximum absolute atomic E-state index is 11.8. The summed E-state index contributed by atoms with van der Waals surface area (Å²) >= 11 is 1.16. The lowest BCUT2D eigenvalue weighted by atomic mass is 10.3. The van der Waals surface area contributed by atoms with E-state index in [0.29, 0.717) is 33.9 Å². The fraction of sp³-hybridized carbons (Fsp3) is 0.417. The van der Waals surface area contributed by atoms with E-state index in [4.69, 9.17) is 19.7 Å². The summed E-state index contributed by atoms with van der Waals surface area (Å²) in [4.78, 5) is 16.2. The Labute approximate surface area is 125 Å². The van der Waals surface area contributed by atoms with Crippen molar-refractivity contribution in [1.82, 2.24) is 10.1 Å². The number of nitrogens with zero attached hydrogens (tertiary/aromatic N) is 2. The number of carbonyl (C=O) groups excluding carboxylic acids is 1. The lowest BCUT2D eigenvalue weighted by molar-refractivity contribution is 0.0533. The van der Waals surface area contributed by atoms with Crippen LogP contribution in [0.15, 0.2) is 4.52 Å². The van der Waals surface area contributed by atoms with Crippen LogP contribution in [-0.2, 0) is 11.3 Å². The smallest absolute Gasteiger partial charge is 0.350 e. The Morgan fingerprint density at radius 2 is 2.29 bits per heavy atom. The Balaban J connectivity index is 2.18. The zero-order valence-electron chi connectivity index (χ0n) is 11.9. The number of carbonyl (C=O) groups is 1. The molecule has 2 rings (SSSR count). The van der Waals surface area contributed by atoms with Gasteiger partial charge in [0, 0.05) is 6.92 Å². The van der Waals surface area contributed by atoms with E-state index in [1.165, 1.54) is 7.11 Å². The molecule has 0 atom stereocenters. The van der Waals surface area contributed by atoms with E-state index in [0.717, 1.165) is 11.3 Å². The van der Waals surface area contributed by atoms with Crippen LogP contribution in [0.3, 0.4) is 0 Å². The van der Waals surface area contributed by atoms with Gasteiger partial charge in [0.15, 0.2) is 11.6 Å². The van der Waals surface area contributed by atoms with Gasteiger partial charge in [-0.2, -0.15) is 4.98 Å². The molecule has 9 heteroatoms. The second-order valence-electron chi connectivity index (χ2n) is 4.01. The first-order valence-electron chi connectivity index (χ1n) is 6.23. The summed E-state index contributed by atoms with van der Waals surface area (Å²) in [5, 5.41) is 7.46. The molecule has 0 saturated heterocycles. The summed E-state index contributed by atoms with van der Waals surface area (Å²) in [6.45, 7) is 4.05. The van der Waals surface area contributed by atoms with Gasteiger partial charge in [-0.1, -0.05) is 5.16 Å². The summed E-state index contributed by atoms with van der Waals surface area (Å²) in [6.07, 6.45) is 0. The van der Waals surface area contributed by atoms with E-state index in [1.807, 2.05) is 0 Å². The third kappa shape index (κ3) is 3.24. The van der Waals surface area contributed by atoms with E-state index >= 15 is 0 Å². The highest BCUT2D eigenvalue weighted by molar-refractivity contribution is 7.19. The number of methoxy groups -OCH3 is 1. The standard InChI is InChI=1S/C12H16N4O4S/c1-4-19-12(17)10-8(13)9(18-3)11(21-10)14-5-7-15-6(2)20-16-7/h14H,4-5,13H2,1-3H3. The number of nitrogens with one attached hydrogen (secondary N) is 1. The van der Waals surface area contributed by atoms with Crippen molar-refractivity contribution in [3.05, 3.63) is 16.6 Å². The van der Waals surface area contributed by atoms with Gasteiger partial charge in [0.2, 0.25) is 5.89 Å². The first kappa shape index (κ1) is 15.1. The molecule has 114 valence electrons. The van der Waals surface area contributed by atoms with Crippen molar-refractivity contribution in [3.63, 3.8) is 0 Å². The van der Waals surface area contributed by atoms with Crippen molar-refractivity contribution in [2.75, 3.05) is 24.8 Å². The Morgan fingerprint density at radius 1 is 1.52 bits per heavy atom. The number of nitrogen functional groups attached to an aromatic ring is 1. The van der Waals surface area contributed by atoms with Gasteiger partial charge < -0.3 is 25.0 Å². The number of nitrogens with two attached hydrogens (primary N) is 1. The molecule has 0 radical (unpaired) electrons. The monoisotopic (exact) mass is 312 g/mol. The predicted molar refractivity (Wildman–Crippen MR) is 77.6 cm³/mol. The topological polar surface area (TPSA) is 112 Å². The lowest BCUT2D eigenvalue weighted by Crippen LogP contribution is -2.05. The molecule has 2 aromatic rings. The van der Waals surface area contributed by atoms with Gasteiger partial charge in [-0.05, 0) is 6.92 Å². The minimum atomic E-state index is -0.471. The number of rotatable bonds is 6. The maximum Gasteiger partial charge on any atom is 0.350 e. The minimum Gasteiger partial charge on any atom is -0.492 e. The minimum absolute atomic E-state index is 0.257. The molecule has 8 nitrogen and oxygen atoms in total. The lowest BCUT2D eigenvalue weighted by Gasteiger charge is -2.04. The normalized spacial score (nSPS) is 10.4. The number of thiophene rings is 1. The highest BCUT2D eigenvalue weighted by Crippen LogP contribution is 2.42. The summed E-state index contributed by atoms with van der Waals surface area (Å²) in [5.74, 6) is 0.918. The Morgan fingerprint density at radius 3 is 2.86 bits per heavy atom. The Hall–Kier alpha value is -2.29. The molecule has 0 saturated carbocycles. The van der Waals surface area contributed by atoms with Gasteiger partial charge in [-0.3, -0.25) is 0 Å². The molecule has 0 unspecified atom stereocenters. The molecule has 3 N–H and O–H groups in total. The first-order chi connectivity index (χ1) is 10.1. The van der Waals surface area contributed by atoms with Crippen LogP contribution in [0, 0.1) is 6.92 Å². The van der Waals surface area contributed by atoms with Gasteiger partial charge in [0.25, 0.3) is 0 Å². The molecule has 0 spiro atoms. The highest BCUT2D eigenvalue weighted by atomic mass is 32.1. The number of anilines is 2. The van der Waals surface area contributed by atoms with E-state index in [1.54, 1.807) is 13.8 Å². The summed E-state index contributed by atoms with van der Waals surface area (Å²) in [5.41, 5.74) is 6.17. The summed E-state index contributed by atoms with van der Waals surface area (Å²) < 4.78 is 15.1. The van der Waals surface area contributed by atoms with Gasteiger partial charge in [-0.25, -0.2) is 4.79 Å². The highest BCUT2D eigenvalue weighted by Gasteiger charge is 2.23. The molecule has 2 aromatic heterocycles. The van der Waals surface area contributed by atoms with E-state index in [9.17, 15) is 4.79 Å². The van der Waals surface area contributed by atoms with Crippen LogP contribution in [0.1, 0.15) is 28.3 Å². The average molecular weight is 312 g/mol. The predicted octanol–water partition coefficient (Wildman–Crippen LogP) is 1.82. The fourth-order valence-corrected chi connectivity index (χ4v) is 2.65. The Kier molecular flexibility index (Phi) is 4.63. The van der Waals surface area contributed by atoms with Gasteiger partial charge in [0.05, 0.1) is 20.3 Å². The van der Waals surface area contributed by atoms with Crippen molar-refractivity contribution < 1.29 is 18.8 Å². The van der Waals surface area contributed by atoms with Crippen molar-refractivity contribution in [1.29, 1.82) is 0 Å². The molecular weight excluding hydrogens is 296 g/mol. The van der Waals surface area contributed by atoms with Gasteiger partial charge in [-0.15, -0.1) is 11.3 Å². The number of esters is 1. The van der Waals surface area contributed by atoms with E-state index < -0.39 is 5.97 Å². The zero-order chi connectivity index (χ0) is 15.4. The molecular formula is C12H16N4O4S. The third-order valence-electron chi connectivity index (χ3n) is 2.54. The molecule has 21 heavy (non-hydrogen) atoms. The first-order valence-corrected chi connectivity index (χ1v) is 7.04. The summed E-state index contributed by atoms with van der Waals surface area (Å²) in [6, 6.07) is 0. The quantitative estimate of drug-likeness (QED) is 0.777. The molecule has 0 amide bonds. The maximum atomic E-state index is 11.8. The van der Waals surface area contributed by atoms with Gasteiger partial charge >= 0.3 is 5.97 Å². The fourth-order valence-electron chi connectivity index (χ4n) is 1.67.